The fraction of sp³-hybridized carbons (Fsp3) is 0.381. The lowest BCUT2D eigenvalue weighted by Crippen LogP contribution is -2.25. The summed E-state index contributed by atoms with van der Waals surface area (Å²) in [5, 5.41) is 4.20. The summed E-state index contributed by atoms with van der Waals surface area (Å²) in [6.07, 6.45) is 0.136. The number of rotatable bonds is 6. The summed E-state index contributed by atoms with van der Waals surface area (Å²) in [6, 6.07) is 4.49. The molecule has 7 nitrogen and oxygen atoms in total. The maximum atomic E-state index is 12.6. The van der Waals surface area contributed by atoms with Crippen molar-refractivity contribution >= 4 is 16.8 Å². The molecule has 0 spiro atoms. The molecule has 3 aromatic rings. The number of amides is 1. The molecule has 2 heterocycles. The SMILES string of the molecule is COc1nc(C)c(CC(=O)NCc2cc(C)cc3c(C)c(C)[nH]c23)c(OC)n1. The third kappa shape index (κ3) is 3.78. The number of ether oxygens (including phenoxy) is 2. The second kappa shape index (κ2) is 7.88. The number of aromatic nitrogens is 3. The number of carbonyl (C=O) groups excluding carboxylic acids is 1. The zero-order chi connectivity index (χ0) is 20.4. The van der Waals surface area contributed by atoms with E-state index in [4.69, 9.17) is 9.47 Å². The van der Waals surface area contributed by atoms with Gasteiger partial charge in [0.15, 0.2) is 0 Å². The van der Waals surface area contributed by atoms with Crippen molar-refractivity contribution in [2.24, 2.45) is 0 Å². The van der Waals surface area contributed by atoms with Crippen LogP contribution >= 0.6 is 0 Å². The maximum Gasteiger partial charge on any atom is 0.319 e. The number of aromatic amines is 1. The van der Waals surface area contributed by atoms with Crippen LogP contribution in [0.2, 0.25) is 0 Å². The van der Waals surface area contributed by atoms with Crippen LogP contribution in [0.15, 0.2) is 12.1 Å². The highest BCUT2D eigenvalue weighted by atomic mass is 16.5. The van der Waals surface area contributed by atoms with Crippen LogP contribution in [-0.4, -0.2) is 35.1 Å². The Labute approximate surface area is 164 Å². The molecule has 0 unspecified atom stereocenters. The van der Waals surface area contributed by atoms with Gasteiger partial charge in [0.25, 0.3) is 0 Å². The molecule has 0 saturated heterocycles. The van der Waals surface area contributed by atoms with Crippen LogP contribution in [-0.2, 0) is 17.8 Å². The second-order valence-corrected chi connectivity index (χ2v) is 6.96. The number of aryl methyl sites for hydroxylation is 4. The standard InChI is InChI=1S/C21H26N4O3/c1-11-7-15(19-16(8-11)12(2)13(3)23-19)10-22-18(26)9-17-14(4)24-21(28-6)25-20(17)27-5/h7-8,23H,9-10H2,1-6H3,(H,22,26). The first-order valence-corrected chi connectivity index (χ1v) is 9.14. The maximum absolute atomic E-state index is 12.6. The predicted molar refractivity (Wildman–Crippen MR) is 108 cm³/mol. The van der Waals surface area contributed by atoms with Gasteiger partial charge in [-0.05, 0) is 44.9 Å². The number of nitrogens with zero attached hydrogens (tertiary/aromatic N) is 2. The van der Waals surface area contributed by atoms with Gasteiger partial charge in [0, 0.05) is 23.2 Å². The molecule has 3 rings (SSSR count). The van der Waals surface area contributed by atoms with E-state index in [1.165, 1.54) is 30.7 Å². The van der Waals surface area contributed by atoms with E-state index >= 15 is 0 Å². The average Bonchev–Trinajstić information content (AvgIpc) is 2.95. The average molecular weight is 382 g/mol. The summed E-state index contributed by atoms with van der Waals surface area (Å²) >= 11 is 0. The molecule has 28 heavy (non-hydrogen) atoms. The minimum Gasteiger partial charge on any atom is -0.481 e. The zero-order valence-electron chi connectivity index (χ0n) is 17.2. The van der Waals surface area contributed by atoms with Crippen molar-refractivity contribution in [2.45, 2.75) is 40.7 Å². The molecular weight excluding hydrogens is 356 g/mol. The highest BCUT2D eigenvalue weighted by Gasteiger charge is 2.17. The van der Waals surface area contributed by atoms with Crippen molar-refractivity contribution in [1.82, 2.24) is 20.3 Å². The van der Waals surface area contributed by atoms with Crippen LogP contribution in [0, 0.1) is 27.7 Å². The summed E-state index contributed by atoms with van der Waals surface area (Å²) < 4.78 is 10.4. The van der Waals surface area contributed by atoms with Crippen molar-refractivity contribution in [3.8, 4) is 11.9 Å². The monoisotopic (exact) mass is 382 g/mol. The van der Waals surface area contributed by atoms with E-state index < -0.39 is 0 Å². The Bertz CT molecular complexity index is 1040. The molecule has 1 aromatic carbocycles. The molecule has 0 aliphatic rings. The fourth-order valence-electron chi connectivity index (χ4n) is 3.35. The van der Waals surface area contributed by atoms with E-state index in [1.54, 1.807) is 0 Å². The third-order valence-electron chi connectivity index (χ3n) is 4.99. The van der Waals surface area contributed by atoms with Crippen molar-refractivity contribution in [1.29, 1.82) is 0 Å². The van der Waals surface area contributed by atoms with Crippen molar-refractivity contribution in [3.63, 3.8) is 0 Å². The Hall–Kier alpha value is -3.09. The van der Waals surface area contributed by atoms with Crippen LogP contribution in [0.4, 0.5) is 0 Å². The highest BCUT2D eigenvalue weighted by molar-refractivity contribution is 5.88. The fourth-order valence-corrected chi connectivity index (χ4v) is 3.35. The molecule has 0 atom stereocenters. The van der Waals surface area contributed by atoms with E-state index in [0.717, 1.165) is 16.8 Å². The molecule has 0 aliphatic carbocycles. The lowest BCUT2D eigenvalue weighted by molar-refractivity contribution is -0.120. The van der Waals surface area contributed by atoms with Gasteiger partial charge in [0.1, 0.15) is 0 Å². The van der Waals surface area contributed by atoms with Gasteiger partial charge in [-0.15, -0.1) is 0 Å². The van der Waals surface area contributed by atoms with Crippen LogP contribution in [0.1, 0.15) is 33.6 Å². The van der Waals surface area contributed by atoms with E-state index in [1.807, 2.05) is 6.92 Å². The molecule has 0 saturated carbocycles. The van der Waals surface area contributed by atoms with Gasteiger partial charge in [0.2, 0.25) is 11.8 Å². The number of H-pyrrole nitrogens is 1. The molecule has 7 heteroatoms. The number of carbonyl (C=O) groups is 1. The van der Waals surface area contributed by atoms with E-state index in [2.05, 4.69) is 53.2 Å². The number of methoxy groups -OCH3 is 2. The Morgan fingerprint density at radius 1 is 1.11 bits per heavy atom. The van der Waals surface area contributed by atoms with Gasteiger partial charge in [-0.1, -0.05) is 11.6 Å². The summed E-state index contributed by atoms with van der Waals surface area (Å²) in [7, 11) is 3.01. The first kappa shape index (κ1) is 19.7. The first-order valence-electron chi connectivity index (χ1n) is 9.14. The number of benzene rings is 1. The van der Waals surface area contributed by atoms with Crippen molar-refractivity contribution in [2.75, 3.05) is 14.2 Å². The minimum atomic E-state index is -0.121. The number of hydrogen-bond acceptors (Lipinski definition) is 5. The lowest BCUT2D eigenvalue weighted by atomic mass is 10.0. The number of hydrogen-bond donors (Lipinski definition) is 2. The molecule has 0 radical (unpaired) electrons. The summed E-state index contributed by atoms with van der Waals surface area (Å²) in [6.45, 7) is 8.48. The molecule has 148 valence electrons. The smallest absolute Gasteiger partial charge is 0.319 e. The number of nitrogens with one attached hydrogen (secondary N) is 2. The van der Waals surface area contributed by atoms with Gasteiger partial charge in [-0.3, -0.25) is 4.79 Å². The molecule has 1 amide bonds. The van der Waals surface area contributed by atoms with Crippen LogP contribution in [0.3, 0.4) is 0 Å². The minimum absolute atomic E-state index is 0.121. The molecule has 2 N–H and O–H groups in total. The summed E-state index contributed by atoms with van der Waals surface area (Å²) in [5.74, 6) is 0.234. The normalized spacial score (nSPS) is 10.9. The Kier molecular flexibility index (Phi) is 5.53. The topological polar surface area (TPSA) is 89.1 Å². The molecule has 0 bridgehead atoms. The number of fused-ring (bicyclic) bond motifs is 1. The van der Waals surface area contributed by atoms with Gasteiger partial charge in [-0.25, -0.2) is 4.98 Å². The van der Waals surface area contributed by atoms with Crippen LogP contribution < -0.4 is 14.8 Å². The van der Waals surface area contributed by atoms with Crippen molar-refractivity contribution in [3.05, 3.63) is 45.8 Å². The van der Waals surface area contributed by atoms with Crippen molar-refractivity contribution < 1.29 is 14.3 Å². The van der Waals surface area contributed by atoms with Gasteiger partial charge in [0.05, 0.1) is 31.9 Å². The van der Waals surface area contributed by atoms with Gasteiger partial charge in [-0.2, -0.15) is 4.98 Å². The van der Waals surface area contributed by atoms with E-state index in [-0.39, 0.29) is 18.3 Å². The quantitative estimate of drug-likeness (QED) is 0.684. The van der Waals surface area contributed by atoms with Gasteiger partial charge >= 0.3 is 6.01 Å². The molecule has 2 aromatic heterocycles. The Morgan fingerprint density at radius 3 is 2.54 bits per heavy atom. The first-order chi connectivity index (χ1) is 13.3. The second-order valence-electron chi connectivity index (χ2n) is 6.96. The van der Waals surface area contributed by atoms with Crippen LogP contribution in [0.5, 0.6) is 11.9 Å². The molecular formula is C21H26N4O3. The van der Waals surface area contributed by atoms with E-state index in [9.17, 15) is 4.79 Å². The van der Waals surface area contributed by atoms with E-state index in [0.29, 0.717) is 23.7 Å². The summed E-state index contributed by atoms with van der Waals surface area (Å²) in [4.78, 5) is 24.4. The zero-order valence-corrected chi connectivity index (χ0v) is 17.2. The summed E-state index contributed by atoms with van der Waals surface area (Å²) in [5.41, 5.74) is 7.00. The Balaban J connectivity index is 1.79. The van der Waals surface area contributed by atoms with Gasteiger partial charge < -0.3 is 19.8 Å². The molecule has 0 fully saturated rings. The lowest BCUT2D eigenvalue weighted by Gasteiger charge is -2.12. The Morgan fingerprint density at radius 2 is 1.86 bits per heavy atom. The highest BCUT2D eigenvalue weighted by Crippen LogP contribution is 2.26. The largest absolute Gasteiger partial charge is 0.481 e. The third-order valence-corrected chi connectivity index (χ3v) is 4.99. The molecule has 0 aliphatic heterocycles. The van der Waals surface area contributed by atoms with Crippen LogP contribution in [0.25, 0.3) is 10.9 Å². The predicted octanol–water partition coefficient (Wildman–Crippen LogP) is 3.07.